The molecule has 0 atom stereocenters. The highest BCUT2D eigenvalue weighted by Gasteiger charge is 2.04. The van der Waals surface area contributed by atoms with Crippen LogP contribution in [0.1, 0.15) is 14.7 Å². The van der Waals surface area contributed by atoms with Crippen molar-refractivity contribution in [1.29, 1.82) is 0 Å². The van der Waals surface area contributed by atoms with Crippen LogP contribution in [0.3, 0.4) is 0 Å². The van der Waals surface area contributed by atoms with Crippen molar-refractivity contribution in [2.24, 2.45) is 0 Å². The number of nitrogens with one attached hydrogen (secondary N) is 1. The Morgan fingerprint density at radius 3 is 2.91 bits per heavy atom. The smallest absolute Gasteiger partial charge is 0.288 e. The molecule has 0 saturated heterocycles. The number of hydrogen-bond donors (Lipinski definition) is 1. The van der Waals surface area contributed by atoms with Crippen LogP contribution in [0, 0.1) is 0 Å². The highest BCUT2D eigenvalue weighted by Crippen LogP contribution is 2.02. The van der Waals surface area contributed by atoms with Crippen molar-refractivity contribution < 1.29 is 8.91 Å². The summed E-state index contributed by atoms with van der Waals surface area (Å²) in [4.78, 5) is 18.2. The van der Waals surface area contributed by atoms with E-state index in [2.05, 4.69) is 9.97 Å². The summed E-state index contributed by atoms with van der Waals surface area (Å²) in [5, 5.41) is 2.02. The number of rotatable bonds is 1. The molecule has 58 valence electrons. The Balaban J connectivity index is 2.76. The van der Waals surface area contributed by atoms with Crippen LogP contribution in [0.4, 0.5) is 0 Å². The van der Waals surface area contributed by atoms with Gasteiger partial charge in [0, 0.05) is 23.5 Å². The number of carbonyl (C=O) groups is 1. The van der Waals surface area contributed by atoms with Gasteiger partial charge in [-0.25, -0.2) is 9.97 Å². The van der Waals surface area contributed by atoms with Crippen LogP contribution in [-0.4, -0.2) is 22.9 Å². The van der Waals surface area contributed by atoms with E-state index in [0.717, 1.165) is 0 Å². The fourth-order valence-corrected chi connectivity index (χ4v) is 0.583. The van der Waals surface area contributed by atoms with Gasteiger partial charge in [-0.3, -0.25) is 4.79 Å². The molecule has 1 amide bonds. The fourth-order valence-electron chi connectivity index (χ4n) is 0.485. The first-order valence-electron chi connectivity index (χ1n) is 4.18. The first-order chi connectivity index (χ1) is 6.38. The Morgan fingerprint density at radius 1 is 1.73 bits per heavy atom. The summed E-state index contributed by atoms with van der Waals surface area (Å²) in [7, 11) is 0. The Hall–Kier alpha value is -1.16. The molecule has 1 aromatic heterocycles. The summed E-state index contributed by atoms with van der Waals surface area (Å²) in [6.45, 7) is -2.54. The van der Waals surface area contributed by atoms with Gasteiger partial charge < -0.3 is 5.32 Å². The third-order valence-corrected chi connectivity index (χ3v) is 1.13. The molecular formula is C6H6ClN3O. The second-order valence-electron chi connectivity index (χ2n) is 1.68. The van der Waals surface area contributed by atoms with E-state index in [4.69, 9.17) is 15.7 Å². The van der Waals surface area contributed by atoms with Crippen molar-refractivity contribution in [3.63, 3.8) is 0 Å². The van der Waals surface area contributed by atoms with Crippen LogP contribution in [0.2, 0.25) is 5.02 Å². The number of amides is 1. The van der Waals surface area contributed by atoms with E-state index in [1.54, 1.807) is 5.32 Å². The summed E-state index contributed by atoms with van der Waals surface area (Å²) >= 11 is 5.48. The van der Waals surface area contributed by atoms with Crippen LogP contribution in [0.5, 0.6) is 0 Å². The van der Waals surface area contributed by atoms with E-state index in [9.17, 15) is 4.79 Å². The average molecular weight is 175 g/mol. The average Bonchev–Trinajstić information content (AvgIpc) is 2.02. The molecule has 0 aromatic carbocycles. The summed E-state index contributed by atoms with van der Waals surface area (Å²) in [6.07, 6.45) is 2.42. The number of carbonyl (C=O) groups excluding carboxylic acids is 1. The van der Waals surface area contributed by atoms with Gasteiger partial charge in [0.2, 0.25) is 5.82 Å². The number of hydrogen-bond acceptors (Lipinski definition) is 3. The van der Waals surface area contributed by atoms with Crippen molar-refractivity contribution in [2.45, 2.75) is 0 Å². The second-order valence-corrected chi connectivity index (χ2v) is 2.12. The predicted molar refractivity (Wildman–Crippen MR) is 40.4 cm³/mol. The highest BCUT2D eigenvalue weighted by molar-refractivity contribution is 6.30. The second kappa shape index (κ2) is 3.30. The lowest BCUT2D eigenvalue weighted by molar-refractivity contribution is 0.0953. The number of halogens is 1. The molecule has 0 unspecified atom stereocenters. The van der Waals surface area contributed by atoms with Gasteiger partial charge in [-0.05, 0) is 0 Å². The lowest BCUT2D eigenvalue weighted by atomic mass is 10.5. The minimum Gasteiger partial charge on any atom is -0.352 e. The van der Waals surface area contributed by atoms with Gasteiger partial charge in [0.1, 0.15) is 0 Å². The van der Waals surface area contributed by atoms with Gasteiger partial charge >= 0.3 is 0 Å². The molecule has 0 saturated carbocycles. The van der Waals surface area contributed by atoms with Crippen LogP contribution in [0.15, 0.2) is 12.4 Å². The zero-order chi connectivity index (χ0) is 10.8. The molecule has 0 aliphatic rings. The Kier molecular flexibility index (Phi) is 1.40. The predicted octanol–water partition coefficient (Wildman–Crippen LogP) is 0.490. The largest absolute Gasteiger partial charge is 0.352 e. The third kappa shape index (κ3) is 1.88. The first-order valence-corrected chi connectivity index (χ1v) is 3.06. The maximum absolute atomic E-state index is 11.1. The highest BCUT2D eigenvalue weighted by atomic mass is 35.5. The van der Waals surface area contributed by atoms with Crippen molar-refractivity contribution in [3.05, 3.63) is 23.2 Å². The zero-order valence-corrected chi connectivity index (χ0v) is 6.09. The van der Waals surface area contributed by atoms with Gasteiger partial charge in [-0.15, -0.1) is 0 Å². The summed E-state index contributed by atoms with van der Waals surface area (Å²) < 4.78 is 20.3. The minimum absolute atomic E-state index is 0.231. The topological polar surface area (TPSA) is 54.9 Å². The Bertz CT molecular complexity index is 337. The van der Waals surface area contributed by atoms with Crippen molar-refractivity contribution in [1.82, 2.24) is 15.3 Å². The number of nitrogens with zero attached hydrogens (tertiary/aromatic N) is 2. The molecule has 0 bridgehead atoms. The molecule has 1 aromatic rings. The zero-order valence-electron chi connectivity index (χ0n) is 8.34. The molecule has 0 radical (unpaired) electrons. The van der Waals surface area contributed by atoms with Crippen LogP contribution >= 0.6 is 11.6 Å². The van der Waals surface area contributed by atoms with E-state index >= 15 is 0 Å². The molecular weight excluding hydrogens is 166 g/mol. The molecule has 0 spiro atoms. The molecule has 1 N–H and O–H groups in total. The molecule has 1 rings (SSSR count). The molecule has 4 nitrogen and oxygen atoms in total. The van der Waals surface area contributed by atoms with E-state index in [0.29, 0.717) is 0 Å². The minimum atomic E-state index is -2.54. The standard InChI is InChI=1S/C6H6ClN3O/c1-8-6(11)5-9-2-4(7)3-10-5/h2-3H,1H3,(H,8,11)/i1D3. The van der Waals surface area contributed by atoms with Gasteiger partial charge in [-0.2, -0.15) is 0 Å². The van der Waals surface area contributed by atoms with E-state index in [1.807, 2.05) is 0 Å². The van der Waals surface area contributed by atoms with Crippen molar-refractivity contribution >= 4 is 17.5 Å². The fraction of sp³-hybridized carbons (Fsp3) is 0.167. The monoisotopic (exact) mass is 174 g/mol. The van der Waals surface area contributed by atoms with Crippen molar-refractivity contribution in [2.75, 3.05) is 6.98 Å². The number of aromatic nitrogens is 2. The summed E-state index contributed by atoms with van der Waals surface area (Å²) in [5.74, 6) is -1.09. The summed E-state index contributed by atoms with van der Waals surface area (Å²) in [5.41, 5.74) is 0. The summed E-state index contributed by atoms with van der Waals surface area (Å²) in [6, 6.07) is 0. The van der Waals surface area contributed by atoms with Crippen LogP contribution in [0.25, 0.3) is 0 Å². The molecule has 1 heterocycles. The maximum Gasteiger partial charge on any atom is 0.288 e. The van der Waals surface area contributed by atoms with Gasteiger partial charge in [-0.1, -0.05) is 11.6 Å². The first kappa shape index (κ1) is 4.66. The van der Waals surface area contributed by atoms with Crippen molar-refractivity contribution in [3.8, 4) is 0 Å². The van der Waals surface area contributed by atoms with E-state index in [1.165, 1.54) is 12.4 Å². The Labute approximate surface area is 72.8 Å². The molecule has 11 heavy (non-hydrogen) atoms. The SMILES string of the molecule is [2H]C([2H])([2H])NC(=O)c1ncc(Cl)cn1. The molecule has 0 fully saturated rings. The third-order valence-electron chi connectivity index (χ3n) is 0.937. The van der Waals surface area contributed by atoms with E-state index < -0.39 is 12.9 Å². The maximum atomic E-state index is 11.1. The lowest BCUT2D eigenvalue weighted by Gasteiger charge is -1.95. The van der Waals surface area contributed by atoms with Gasteiger partial charge in [0.05, 0.1) is 5.02 Å². The molecule has 0 aliphatic carbocycles. The van der Waals surface area contributed by atoms with Gasteiger partial charge in [0.15, 0.2) is 0 Å². The molecule has 5 heteroatoms. The normalized spacial score (nSPS) is 14.5. The quantitative estimate of drug-likeness (QED) is 0.674. The lowest BCUT2D eigenvalue weighted by Crippen LogP contribution is -2.20. The van der Waals surface area contributed by atoms with Gasteiger partial charge in [0.25, 0.3) is 5.91 Å². The Morgan fingerprint density at radius 2 is 2.36 bits per heavy atom. The van der Waals surface area contributed by atoms with E-state index in [-0.39, 0.29) is 10.8 Å². The van der Waals surface area contributed by atoms with Crippen LogP contribution in [-0.2, 0) is 0 Å². The van der Waals surface area contributed by atoms with Crippen LogP contribution < -0.4 is 5.32 Å². The molecule has 0 aliphatic heterocycles.